The van der Waals surface area contributed by atoms with E-state index in [9.17, 15) is 0 Å². The van der Waals surface area contributed by atoms with Crippen molar-refractivity contribution >= 4 is 0 Å². The summed E-state index contributed by atoms with van der Waals surface area (Å²) in [4.78, 5) is 0. The first kappa shape index (κ1) is 5.63. The monoisotopic (exact) mass is 112 g/mol. The second kappa shape index (κ2) is 2.18. The zero-order chi connectivity index (χ0) is 5.98. The van der Waals surface area contributed by atoms with Crippen LogP contribution in [0.5, 0.6) is 0 Å². The Labute approximate surface area is 49.5 Å². The molecular weight excluding hydrogens is 100 g/mol. The molecule has 1 aliphatic carbocycles. The molecule has 0 radical (unpaired) electrons. The van der Waals surface area contributed by atoms with Crippen molar-refractivity contribution in [3.8, 4) is 0 Å². The Balaban J connectivity index is 2.55. The van der Waals surface area contributed by atoms with Gasteiger partial charge in [0.05, 0.1) is 0 Å². The summed E-state index contributed by atoms with van der Waals surface area (Å²) in [5.74, 6) is 0. The van der Waals surface area contributed by atoms with Gasteiger partial charge >= 0.3 is 0 Å². The molecule has 0 aliphatic heterocycles. The largest absolute Gasteiger partial charge is 0.405 e. The van der Waals surface area contributed by atoms with Crippen LogP contribution in [0.4, 0.5) is 0 Å². The maximum Gasteiger partial charge on any atom is 0.0270 e. The van der Waals surface area contributed by atoms with E-state index in [1.54, 1.807) is 6.20 Å². The topological polar surface area (TPSA) is 52.0 Å². The van der Waals surface area contributed by atoms with Crippen LogP contribution in [0.25, 0.3) is 0 Å². The molecule has 1 atom stereocenters. The van der Waals surface area contributed by atoms with Crippen molar-refractivity contribution in [2.24, 2.45) is 11.5 Å². The number of rotatable bonds is 0. The standard InChI is InChI=1S/C6H12N2/c7-4-5-2-1-3-6(5)8/h4,6H,1-3,7-8H2. The van der Waals surface area contributed by atoms with Gasteiger partial charge in [-0.15, -0.1) is 0 Å². The van der Waals surface area contributed by atoms with E-state index in [2.05, 4.69) is 0 Å². The molecule has 0 heterocycles. The van der Waals surface area contributed by atoms with Crippen LogP contribution in [-0.4, -0.2) is 6.04 Å². The summed E-state index contributed by atoms with van der Waals surface area (Å²) in [5, 5.41) is 0. The van der Waals surface area contributed by atoms with Gasteiger partial charge in [0.25, 0.3) is 0 Å². The van der Waals surface area contributed by atoms with Crippen molar-refractivity contribution in [3.63, 3.8) is 0 Å². The summed E-state index contributed by atoms with van der Waals surface area (Å²) in [6.07, 6.45) is 5.09. The maximum absolute atomic E-state index is 5.64. The Morgan fingerprint density at radius 2 is 2.38 bits per heavy atom. The van der Waals surface area contributed by atoms with Crippen molar-refractivity contribution in [1.82, 2.24) is 0 Å². The first-order valence-corrected chi connectivity index (χ1v) is 3.01. The summed E-state index contributed by atoms with van der Waals surface area (Å²) in [7, 11) is 0. The van der Waals surface area contributed by atoms with Gasteiger partial charge in [0.1, 0.15) is 0 Å². The van der Waals surface area contributed by atoms with Crippen LogP contribution in [-0.2, 0) is 0 Å². The molecule has 1 rings (SSSR count). The third-order valence-electron chi connectivity index (χ3n) is 1.67. The van der Waals surface area contributed by atoms with Crippen molar-refractivity contribution in [1.29, 1.82) is 0 Å². The molecule has 46 valence electrons. The van der Waals surface area contributed by atoms with Gasteiger partial charge < -0.3 is 11.5 Å². The molecule has 2 nitrogen and oxygen atoms in total. The van der Waals surface area contributed by atoms with E-state index >= 15 is 0 Å². The third-order valence-corrected chi connectivity index (χ3v) is 1.67. The first-order chi connectivity index (χ1) is 3.84. The molecule has 1 fully saturated rings. The molecule has 0 spiro atoms. The highest BCUT2D eigenvalue weighted by Gasteiger charge is 2.14. The average Bonchev–Trinajstić information content (AvgIpc) is 2.14. The van der Waals surface area contributed by atoms with Crippen molar-refractivity contribution < 1.29 is 0 Å². The quantitative estimate of drug-likeness (QED) is 0.474. The van der Waals surface area contributed by atoms with Crippen LogP contribution in [0.15, 0.2) is 11.8 Å². The van der Waals surface area contributed by atoms with E-state index < -0.39 is 0 Å². The van der Waals surface area contributed by atoms with E-state index in [0.717, 1.165) is 12.8 Å². The first-order valence-electron chi connectivity index (χ1n) is 3.01. The molecule has 1 unspecified atom stereocenters. The predicted octanol–water partition coefficient (Wildman–Crippen LogP) is 0.340. The van der Waals surface area contributed by atoms with Crippen LogP contribution >= 0.6 is 0 Å². The SMILES string of the molecule is NC=C1CCCC1N. The fourth-order valence-electron chi connectivity index (χ4n) is 1.10. The average molecular weight is 112 g/mol. The molecule has 0 aromatic carbocycles. The summed E-state index contributed by atoms with van der Waals surface area (Å²) >= 11 is 0. The molecule has 0 amide bonds. The summed E-state index contributed by atoms with van der Waals surface area (Å²) < 4.78 is 0. The zero-order valence-electron chi connectivity index (χ0n) is 4.93. The molecule has 0 bridgehead atoms. The lowest BCUT2D eigenvalue weighted by Gasteiger charge is -2.00. The second-order valence-electron chi connectivity index (χ2n) is 2.24. The molecule has 0 saturated heterocycles. The second-order valence-corrected chi connectivity index (χ2v) is 2.24. The Bertz CT molecular complexity index is 107. The minimum absolute atomic E-state index is 0.264. The van der Waals surface area contributed by atoms with E-state index in [1.807, 2.05) is 0 Å². The van der Waals surface area contributed by atoms with Gasteiger partial charge in [-0.1, -0.05) is 0 Å². The van der Waals surface area contributed by atoms with Crippen LogP contribution in [0.2, 0.25) is 0 Å². The van der Waals surface area contributed by atoms with Gasteiger partial charge in [-0.05, 0) is 31.0 Å². The Morgan fingerprint density at radius 1 is 1.62 bits per heavy atom. The van der Waals surface area contributed by atoms with Crippen molar-refractivity contribution in [3.05, 3.63) is 11.8 Å². The molecule has 4 N–H and O–H groups in total. The zero-order valence-corrected chi connectivity index (χ0v) is 4.93. The Kier molecular flexibility index (Phi) is 1.53. The highest BCUT2D eigenvalue weighted by molar-refractivity contribution is 5.12. The molecule has 1 saturated carbocycles. The van der Waals surface area contributed by atoms with E-state index in [0.29, 0.717) is 0 Å². The molecular formula is C6H12N2. The van der Waals surface area contributed by atoms with Gasteiger partial charge in [0.2, 0.25) is 0 Å². The summed E-state index contributed by atoms with van der Waals surface area (Å²) in [6, 6.07) is 0.264. The van der Waals surface area contributed by atoms with Crippen LogP contribution < -0.4 is 11.5 Å². The summed E-state index contributed by atoms with van der Waals surface area (Å²) in [6.45, 7) is 0. The fraction of sp³-hybridized carbons (Fsp3) is 0.667. The smallest absolute Gasteiger partial charge is 0.0270 e. The van der Waals surface area contributed by atoms with Crippen molar-refractivity contribution in [2.45, 2.75) is 25.3 Å². The minimum Gasteiger partial charge on any atom is -0.405 e. The number of nitrogens with two attached hydrogens (primary N) is 2. The lowest BCUT2D eigenvalue weighted by molar-refractivity contribution is 0.772. The summed E-state index contributed by atoms with van der Waals surface area (Å²) in [5.41, 5.74) is 12.2. The van der Waals surface area contributed by atoms with Gasteiger partial charge in [0, 0.05) is 6.04 Å². The highest BCUT2D eigenvalue weighted by Crippen LogP contribution is 2.21. The van der Waals surface area contributed by atoms with E-state index in [1.165, 1.54) is 12.0 Å². The van der Waals surface area contributed by atoms with Gasteiger partial charge in [-0.3, -0.25) is 0 Å². The molecule has 1 aliphatic rings. The Hall–Kier alpha value is -0.500. The van der Waals surface area contributed by atoms with Crippen LogP contribution in [0, 0.1) is 0 Å². The highest BCUT2D eigenvalue weighted by atomic mass is 14.7. The minimum atomic E-state index is 0.264. The molecule has 0 aromatic rings. The van der Waals surface area contributed by atoms with Gasteiger partial charge in [-0.2, -0.15) is 0 Å². The molecule has 8 heavy (non-hydrogen) atoms. The molecule has 2 heteroatoms. The third kappa shape index (κ3) is 0.842. The maximum atomic E-state index is 5.64. The Morgan fingerprint density at radius 3 is 2.62 bits per heavy atom. The van der Waals surface area contributed by atoms with Crippen molar-refractivity contribution in [2.75, 3.05) is 0 Å². The normalized spacial score (nSPS) is 34.1. The van der Waals surface area contributed by atoms with E-state index in [4.69, 9.17) is 11.5 Å². The van der Waals surface area contributed by atoms with Crippen LogP contribution in [0.1, 0.15) is 19.3 Å². The van der Waals surface area contributed by atoms with Gasteiger partial charge in [-0.25, -0.2) is 0 Å². The number of hydrogen-bond acceptors (Lipinski definition) is 2. The fourth-order valence-corrected chi connectivity index (χ4v) is 1.10. The molecule has 0 aromatic heterocycles. The van der Waals surface area contributed by atoms with Crippen LogP contribution in [0.3, 0.4) is 0 Å². The lowest BCUT2D eigenvalue weighted by atomic mass is 10.2. The van der Waals surface area contributed by atoms with E-state index in [-0.39, 0.29) is 6.04 Å². The van der Waals surface area contributed by atoms with Gasteiger partial charge in [0.15, 0.2) is 0 Å². The number of hydrogen-bond donors (Lipinski definition) is 2. The predicted molar refractivity (Wildman–Crippen MR) is 34.1 cm³/mol. The lowest BCUT2D eigenvalue weighted by Crippen LogP contribution is -2.17.